The molecule has 0 unspecified atom stereocenters. The van der Waals surface area contributed by atoms with Gasteiger partial charge in [-0.2, -0.15) is 0 Å². The predicted molar refractivity (Wildman–Crippen MR) is 84.4 cm³/mol. The zero-order valence-corrected chi connectivity index (χ0v) is 12.7. The number of nitrogens with zero attached hydrogens (tertiary/aromatic N) is 1. The van der Waals surface area contributed by atoms with Crippen molar-refractivity contribution >= 4 is 11.0 Å². The van der Waals surface area contributed by atoms with Gasteiger partial charge in [0.15, 0.2) is 0 Å². The van der Waals surface area contributed by atoms with Crippen LogP contribution in [-0.4, -0.2) is 42.4 Å². The van der Waals surface area contributed by atoms with Crippen molar-refractivity contribution in [1.82, 2.24) is 4.90 Å². The molecule has 0 amide bonds. The first-order valence-electron chi connectivity index (χ1n) is 7.69. The SMILES string of the molecule is Cc1cc(=O)oc2cc(OCCN3CCC(O)CC3)ccc12. The number of aliphatic hydroxyl groups excluding tert-OH is 1. The maximum atomic E-state index is 11.4. The minimum Gasteiger partial charge on any atom is -0.492 e. The van der Waals surface area contributed by atoms with E-state index in [1.807, 2.05) is 19.1 Å². The minimum atomic E-state index is -0.339. The Morgan fingerprint density at radius 1 is 1.32 bits per heavy atom. The summed E-state index contributed by atoms with van der Waals surface area (Å²) in [6.07, 6.45) is 1.52. The second-order valence-electron chi connectivity index (χ2n) is 5.83. The van der Waals surface area contributed by atoms with Gasteiger partial charge in [0.1, 0.15) is 17.9 Å². The highest BCUT2D eigenvalue weighted by Gasteiger charge is 2.16. The monoisotopic (exact) mass is 303 g/mol. The summed E-state index contributed by atoms with van der Waals surface area (Å²) in [5.74, 6) is 0.707. The van der Waals surface area contributed by atoms with E-state index in [0.29, 0.717) is 17.9 Å². The van der Waals surface area contributed by atoms with Gasteiger partial charge in [0.25, 0.3) is 0 Å². The van der Waals surface area contributed by atoms with Crippen molar-refractivity contribution in [2.75, 3.05) is 26.2 Å². The van der Waals surface area contributed by atoms with Crippen LogP contribution in [0.25, 0.3) is 11.0 Å². The van der Waals surface area contributed by atoms with E-state index in [9.17, 15) is 9.90 Å². The molecule has 1 aliphatic rings. The third kappa shape index (κ3) is 3.48. The molecule has 22 heavy (non-hydrogen) atoms. The molecule has 0 aliphatic carbocycles. The summed E-state index contributed by atoms with van der Waals surface area (Å²) in [5, 5.41) is 10.4. The fraction of sp³-hybridized carbons (Fsp3) is 0.471. The maximum Gasteiger partial charge on any atom is 0.336 e. The van der Waals surface area contributed by atoms with Crippen LogP contribution in [0.1, 0.15) is 18.4 Å². The van der Waals surface area contributed by atoms with E-state index < -0.39 is 0 Å². The highest BCUT2D eigenvalue weighted by atomic mass is 16.5. The van der Waals surface area contributed by atoms with Gasteiger partial charge in [0.2, 0.25) is 0 Å². The molecule has 0 atom stereocenters. The smallest absolute Gasteiger partial charge is 0.336 e. The van der Waals surface area contributed by atoms with Gasteiger partial charge in [-0.1, -0.05) is 0 Å². The van der Waals surface area contributed by atoms with Crippen LogP contribution < -0.4 is 10.4 Å². The van der Waals surface area contributed by atoms with Gasteiger partial charge >= 0.3 is 5.63 Å². The lowest BCUT2D eigenvalue weighted by Crippen LogP contribution is -2.38. The second kappa shape index (κ2) is 6.50. The number of ether oxygens (including phenoxy) is 1. The summed E-state index contributed by atoms with van der Waals surface area (Å²) in [7, 11) is 0. The largest absolute Gasteiger partial charge is 0.492 e. The summed E-state index contributed by atoms with van der Waals surface area (Å²) in [5.41, 5.74) is 1.13. The molecule has 2 heterocycles. The van der Waals surface area contributed by atoms with Crippen molar-refractivity contribution in [2.45, 2.75) is 25.9 Å². The molecule has 2 aromatic rings. The predicted octanol–water partition coefficient (Wildman–Crippen LogP) is 1.94. The first-order valence-corrected chi connectivity index (χ1v) is 7.69. The lowest BCUT2D eigenvalue weighted by Gasteiger charge is -2.29. The number of aryl methyl sites for hydroxylation is 1. The molecule has 0 bridgehead atoms. The molecule has 0 spiro atoms. The second-order valence-corrected chi connectivity index (χ2v) is 5.83. The van der Waals surface area contributed by atoms with E-state index in [1.165, 1.54) is 6.07 Å². The Kier molecular flexibility index (Phi) is 4.45. The first kappa shape index (κ1) is 15.1. The van der Waals surface area contributed by atoms with Crippen molar-refractivity contribution in [2.24, 2.45) is 0 Å². The Morgan fingerprint density at radius 3 is 2.86 bits per heavy atom. The summed E-state index contributed by atoms with van der Waals surface area (Å²) in [6.45, 7) is 5.14. The highest BCUT2D eigenvalue weighted by molar-refractivity contribution is 5.81. The topological polar surface area (TPSA) is 62.9 Å². The molecule has 1 aromatic carbocycles. The zero-order valence-electron chi connectivity index (χ0n) is 12.7. The lowest BCUT2D eigenvalue weighted by molar-refractivity contribution is 0.0755. The Morgan fingerprint density at radius 2 is 2.09 bits per heavy atom. The quantitative estimate of drug-likeness (QED) is 0.875. The standard InChI is InChI=1S/C17H21NO4/c1-12-10-17(20)22-16-11-14(2-3-15(12)16)21-9-8-18-6-4-13(19)5-7-18/h2-3,10-11,13,19H,4-9H2,1H3. The van der Waals surface area contributed by atoms with Crippen molar-refractivity contribution in [3.63, 3.8) is 0 Å². The molecule has 5 heteroatoms. The molecule has 3 rings (SSSR count). The number of hydrogen-bond donors (Lipinski definition) is 1. The number of rotatable bonds is 4. The summed E-state index contributed by atoms with van der Waals surface area (Å²) < 4.78 is 11.0. The molecule has 1 aromatic heterocycles. The van der Waals surface area contributed by atoms with E-state index in [-0.39, 0.29) is 11.7 Å². The number of likely N-dealkylation sites (tertiary alicyclic amines) is 1. The van der Waals surface area contributed by atoms with Gasteiger partial charge < -0.3 is 14.3 Å². The number of hydrogen-bond acceptors (Lipinski definition) is 5. The first-order chi connectivity index (χ1) is 10.6. The maximum absolute atomic E-state index is 11.4. The van der Waals surface area contributed by atoms with Crippen LogP contribution in [0.2, 0.25) is 0 Å². The van der Waals surface area contributed by atoms with Crippen LogP contribution in [0.5, 0.6) is 5.75 Å². The molecule has 1 saturated heterocycles. The number of benzene rings is 1. The average molecular weight is 303 g/mol. The van der Waals surface area contributed by atoms with Crippen LogP contribution in [0, 0.1) is 6.92 Å². The summed E-state index contributed by atoms with van der Waals surface area (Å²) in [4.78, 5) is 13.7. The van der Waals surface area contributed by atoms with E-state index in [4.69, 9.17) is 9.15 Å². The fourth-order valence-electron chi connectivity index (χ4n) is 2.83. The van der Waals surface area contributed by atoms with Crippen molar-refractivity contribution < 1.29 is 14.3 Å². The Labute approximate surface area is 129 Å². The molecule has 1 fully saturated rings. The molecule has 1 N–H and O–H groups in total. The van der Waals surface area contributed by atoms with Gasteiger partial charge in [0.05, 0.1) is 6.10 Å². The van der Waals surface area contributed by atoms with Crippen LogP contribution in [-0.2, 0) is 0 Å². The van der Waals surface area contributed by atoms with E-state index >= 15 is 0 Å². The molecule has 118 valence electrons. The van der Waals surface area contributed by atoms with Crippen molar-refractivity contribution in [3.8, 4) is 5.75 Å². The van der Waals surface area contributed by atoms with E-state index in [1.54, 1.807) is 6.07 Å². The number of piperidine rings is 1. The molecule has 0 saturated carbocycles. The number of aliphatic hydroxyl groups is 1. The van der Waals surface area contributed by atoms with Crippen LogP contribution in [0.15, 0.2) is 33.5 Å². The van der Waals surface area contributed by atoms with Gasteiger partial charge in [-0.25, -0.2) is 4.79 Å². The van der Waals surface area contributed by atoms with Crippen molar-refractivity contribution in [1.29, 1.82) is 0 Å². The normalized spacial score (nSPS) is 17.0. The third-order valence-electron chi connectivity index (χ3n) is 4.16. The van der Waals surface area contributed by atoms with Gasteiger partial charge in [-0.05, 0) is 37.5 Å². The molecule has 5 nitrogen and oxygen atoms in total. The lowest BCUT2D eigenvalue weighted by atomic mass is 10.1. The highest BCUT2D eigenvalue weighted by Crippen LogP contribution is 2.22. The van der Waals surface area contributed by atoms with Crippen molar-refractivity contribution in [3.05, 3.63) is 40.2 Å². The molecule has 0 radical (unpaired) electrons. The van der Waals surface area contributed by atoms with Gasteiger partial charge in [0, 0.05) is 37.2 Å². The Hall–Kier alpha value is -1.85. The molecule has 1 aliphatic heterocycles. The summed E-state index contributed by atoms with van der Waals surface area (Å²) in [6, 6.07) is 7.08. The molecular formula is C17H21NO4. The zero-order chi connectivity index (χ0) is 15.5. The number of fused-ring (bicyclic) bond motifs is 1. The fourth-order valence-corrected chi connectivity index (χ4v) is 2.83. The van der Waals surface area contributed by atoms with E-state index in [2.05, 4.69) is 4.90 Å². The van der Waals surface area contributed by atoms with E-state index in [0.717, 1.165) is 43.4 Å². The average Bonchev–Trinajstić information content (AvgIpc) is 2.49. The Balaban J connectivity index is 1.61. The summed E-state index contributed by atoms with van der Waals surface area (Å²) >= 11 is 0. The van der Waals surface area contributed by atoms with Crippen LogP contribution >= 0.6 is 0 Å². The van der Waals surface area contributed by atoms with Crippen LogP contribution in [0.3, 0.4) is 0 Å². The van der Waals surface area contributed by atoms with Crippen LogP contribution in [0.4, 0.5) is 0 Å². The Bertz CT molecular complexity index is 701. The third-order valence-corrected chi connectivity index (χ3v) is 4.16. The van der Waals surface area contributed by atoms with Gasteiger partial charge in [-0.3, -0.25) is 4.90 Å². The molecular weight excluding hydrogens is 282 g/mol. The minimum absolute atomic E-state index is 0.149. The van der Waals surface area contributed by atoms with Gasteiger partial charge in [-0.15, -0.1) is 0 Å².